The number of hydrogen-bond acceptors (Lipinski definition) is 2. The van der Waals surface area contributed by atoms with Gasteiger partial charge in [-0.2, -0.15) is 0 Å². The van der Waals surface area contributed by atoms with Gasteiger partial charge in [0.05, 0.1) is 39.9 Å². The Balaban J connectivity index is 1.36. The van der Waals surface area contributed by atoms with E-state index in [0.717, 1.165) is 57.9 Å². The zero-order valence-corrected chi connectivity index (χ0v) is 28.7. The van der Waals surface area contributed by atoms with Crippen molar-refractivity contribution >= 4 is 44.6 Å². The van der Waals surface area contributed by atoms with E-state index >= 15 is 0 Å². The quantitative estimate of drug-likeness (QED) is 0.131. The number of fused-ring (bicyclic) bond motifs is 3. The number of aromatic nitrogens is 1. The van der Waals surface area contributed by atoms with Gasteiger partial charge in [0.1, 0.15) is 0 Å². The predicted molar refractivity (Wildman–Crippen MR) is 215 cm³/mol. The molecule has 0 aliphatic carbocycles. The third-order valence-corrected chi connectivity index (χ3v) is 9.50. The van der Waals surface area contributed by atoms with Gasteiger partial charge in [0, 0.05) is 33.0 Å². The largest absolute Gasteiger partial charge is 0.333 e. The average molecular weight is 658 g/mol. The van der Waals surface area contributed by atoms with Gasteiger partial charge in [0.2, 0.25) is 0 Å². The normalized spacial score (nSPS) is 11.7. The van der Waals surface area contributed by atoms with E-state index in [9.17, 15) is 0 Å². The number of nitrogens with zero attached hydrogens (tertiary/aromatic N) is 3. The summed E-state index contributed by atoms with van der Waals surface area (Å²) in [6, 6.07) is 66.3. The maximum Gasteiger partial charge on any atom is 0.0781 e. The first-order valence-electron chi connectivity index (χ1n) is 17.8. The van der Waals surface area contributed by atoms with Crippen LogP contribution in [0.15, 0.2) is 198 Å². The van der Waals surface area contributed by atoms with Gasteiger partial charge >= 0.3 is 0 Å². The molecule has 1 aromatic heterocycles. The maximum atomic E-state index is 5.34. The minimum absolute atomic E-state index is 0.139. The first kappa shape index (κ1) is 31.9. The summed E-state index contributed by atoms with van der Waals surface area (Å²) in [6.45, 7) is 2.27. The number of rotatable bonds is 10. The van der Waals surface area contributed by atoms with Crippen LogP contribution in [0.5, 0.6) is 0 Å². The van der Waals surface area contributed by atoms with Gasteiger partial charge < -0.3 is 4.57 Å². The Kier molecular flexibility index (Phi) is 9.17. The lowest BCUT2D eigenvalue weighted by Gasteiger charge is -2.22. The van der Waals surface area contributed by atoms with Crippen molar-refractivity contribution in [2.24, 2.45) is 9.98 Å². The topological polar surface area (TPSA) is 29.6 Å². The smallest absolute Gasteiger partial charge is 0.0781 e. The molecule has 246 valence electrons. The van der Waals surface area contributed by atoms with E-state index in [4.69, 9.17) is 9.98 Å². The molecule has 3 nitrogen and oxygen atoms in total. The van der Waals surface area contributed by atoms with Crippen LogP contribution < -0.4 is 0 Å². The lowest BCUT2D eigenvalue weighted by atomic mass is 10.0. The molecule has 0 spiro atoms. The van der Waals surface area contributed by atoms with E-state index in [2.05, 4.69) is 200 Å². The molecule has 0 bridgehead atoms. The summed E-state index contributed by atoms with van der Waals surface area (Å²) in [4.78, 5) is 10.7. The van der Waals surface area contributed by atoms with Gasteiger partial charge in [0.25, 0.3) is 0 Å². The fourth-order valence-corrected chi connectivity index (χ4v) is 7.13. The number of benzene rings is 7. The van der Waals surface area contributed by atoms with E-state index in [-0.39, 0.29) is 6.04 Å². The monoisotopic (exact) mass is 657 g/mol. The summed E-state index contributed by atoms with van der Waals surface area (Å²) in [5.74, 6) is 0. The average Bonchev–Trinajstić information content (AvgIpc) is 3.52. The van der Waals surface area contributed by atoms with Crippen molar-refractivity contribution in [3.05, 3.63) is 216 Å². The molecule has 8 rings (SSSR count). The molecule has 0 saturated carbocycles. The summed E-state index contributed by atoms with van der Waals surface area (Å²) < 4.78 is 2.54. The van der Waals surface area contributed by atoms with E-state index in [1.54, 1.807) is 0 Å². The highest BCUT2D eigenvalue weighted by molar-refractivity contribution is 6.16. The molecule has 1 unspecified atom stereocenters. The van der Waals surface area contributed by atoms with Crippen LogP contribution in [-0.4, -0.2) is 16.0 Å². The first-order valence-corrected chi connectivity index (χ1v) is 17.8. The number of aliphatic imine (C=N–C) groups is 2. The van der Waals surface area contributed by atoms with E-state index in [1.165, 1.54) is 27.4 Å². The van der Waals surface area contributed by atoms with E-state index in [1.807, 2.05) is 0 Å². The van der Waals surface area contributed by atoms with Crippen LogP contribution in [0, 0.1) is 0 Å². The second-order valence-corrected chi connectivity index (χ2v) is 12.9. The summed E-state index contributed by atoms with van der Waals surface area (Å²) >= 11 is 0. The van der Waals surface area contributed by atoms with Crippen LogP contribution in [0.2, 0.25) is 0 Å². The van der Waals surface area contributed by atoms with Crippen molar-refractivity contribution in [1.29, 1.82) is 0 Å². The Morgan fingerprint density at radius 3 is 1.16 bits per heavy atom. The van der Waals surface area contributed by atoms with Crippen LogP contribution >= 0.6 is 0 Å². The predicted octanol–water partition coefficient (Wildman–Crippen LogP) is 12.5. The highest BCUT2D eigenvalue weighted by atomic mass is 15.0. The van der Waals surface area contributed by atoms with E-state index < -0.39 is 0 Å². The third-order valence-electron chi connectivity index (χ3n) is 9.50. The zero-order chi connectivity index (χ0) is 34.4. The molecule has 0 N–H and O–H groups in total. The molecule has 0 aliphatic rings. The summed E-state index contributed by atoms with van der Waals surface area (Å²) in [5, 5.41) is 2.42. The van der Waals surface area contributed by atoms with Crippen molar-refractivity contribution in [2.75, 3.05) is 0 Å². The van der Waals surface area contributed by atoms with Gasteiger partial charge in [0.15, 0.2) is 0 Å². The minimum atomic E-state index is 0.139. The third kappa shape index (κ3) is 6.67. The molecule has 0 aliphatic heterocycles. The SMILES string of the molecule is CCCC(c1ccccc1)n1c2cc(N=C(c3ccccc3)c3ccccc3)ccc2c2ccc(N=C(c3ccccc3)c3ccccc3)cc21. The van der Waals surface area contributed by atoms with Crippen LogP contribution in [0.25, 0.3) is 21.8 Å². The van der Waals surface area contributed by atoms with Crippen LogP contribution in [0.4, 0.5) is 11.4 Å². The summed E-state index contributed by atoms with van der Waals surface area (Å²) in [6.07, 6.45) is 2.05. The fraction of sp³-hybridized carbons (Fsp3) is 0.0833. The molecule has 0 saturated heterocycles. The van der Waals surface area contributed by atoms with Gasteiger partial charge in [-0.15, -0.1) is 0 Å². The first-order chi connectivity index (χ1) is 25.3. The van der Waals surface area contributed by atoms with E-state index in [0.29, 0.717) is 0 Å². The lowest BCUT2D eigenvalue weighted by Crippen LogP contribution is -2.10. The molecule has 3 heteroatoms. The fourth-order valence-electron chi connectivity index (χ4n) is 7.13. The number of hydrogen-bond donors (Lipinski definition) is 0. The Hall–Kier alpha value is -6.32. The van der Waals surface area contributed by atoms with Crippen molar-refractivity contribution in [3.8, 4) is 0 Å². The highest BCUT2D eigenvalue weighted by Crippen LogP contribution is 2.39. The van der Waals surface area contributed by atoms with Gasteiger partial charge in [-0.05, 0) is 36.2 Å². The Morgan fingerprint density at radius 1 is 0.451 bits per heavy atom. The molecule has 1 atom stereocenters. The second-order valence-electron chi connectivity index (χ2n) is 12.9. The molecule has 51 heavy (non-hydrogen) atoms. The van der Waals surface area contributed by atoms with Crippen molar-refractivity contribution in [1.82, 2.24) is 4.57 Å². The Morgan fingerprint density at radius 2 is 0.804 bits per heavy atom. The van der Waals surface area contributed by atoms with Gasteiger partial charge in [-0.3, -0.25) is 0 Å². The molecule has 0 fully saturated rings. The van der Waals surface area contributed by atoms with Gasteiger partial charge in [-0.25, -0.2) is 9.98 Å². The molecule has 8 aromatic rings. The Labute approximate surface area is 299 Å². The van der Waals surface area contributed by atoms with Crippen LogP contribution in [0.1, 0.15) is 53.6 Å². The summed E-state index contributed by atoms with van der Waals surface area (Å²) in [5.41, 5.74) is 11.8. The lowest BCUT2D eigenvalue weighted by molar-refractivity contribution is 0.561. The van der Waals surface area contributed by atoms with Crippen molar-refractivity contribution in [2.45, 2.75) is 25.8 Å². The second kappa shape index (κ2) is 14.7. The molecular weight excluding hydrogens is 619 g/mol. The summed E-state index contributed by atoms with van der Waals surface area (Å²) in [7, 11) is 0. The van der Waals surface area contributed by atoms with Crippen molar-refractivity contribution < 1.29 is 0 Å². The van der Waals surface area contributed by atoms with Crippen LogP contribution in [-0.2, 0) is 0 Å². The molecule has 0 amide bonds. The standard InChI is InChI=1S/C48H39N3/c1-2-18-44(35-19-8-3-9-20-35)51-45-33-40(49-47(36-21-10-4-11-22-36)37-23-12-5-13-24-37)29-31-42(45)43-32-30-41(34-46(43)51)50-48(38-25-14-6-15-26-38)39-27-16-7-17-28-39/h3-17,19-34,44H,2,18H2,1H3. The molecule has 0 radical (unpaired) electrons. The molecule has 1 heterocycles. The minimum Gasteiger partial charge on any atom is -0.333 e. The Bertz CT molecular complexity index is 2210. The van der Waals surface area contributed by atoms with Crippen molar-refractivity contribution in [3.63, 3.8) is 0 Å². The zero-order valence-electron chi connectivity index (χ0n) is 28.7. The molecular formula is C48H39N3. The van der Waals surface area contributed by atoms with Gasteiger partial charge in [-0.1, -0.05) is 177 Å². The highest BCUT2D eigenvalue weighted by Gasteiger charge is 2.21. The van der Waals surface area contributed by atoms with Crippen LogP contribution in [0.3, 0.4) is 0 Å². The molecule has 7 aromatic carbocycles. The maximum absolute atomic E-state index is 5.34.